The molecule has 0 aliphatic rings. The van der Waals surface area contributed by atoms with Crippen LogP contribution in [-0.2, 0) is 45.1 Å². The van der Waals surface area contributed by atoms with Gasteiger partial charge in [0.25, 0.3) is 0 Å². The summed E-state index contributed by atoms with van der Waals surface area (Å²) in [4.78, 5) is 35.4. The Balaban J connectivity index is 0.000000251. The van der Waals surface area contributed by atoms with Crippen LogP contribution in [0.25, 0.3) is 0 Å². The van der Waals surface area contributed by atoms with Crippen molar-refractivity contribution in [2.24, 2.45) is 0 Å². The number of carbonyl (C=O) groups is 3. The van der Waals surface area contributed by atoms with Gasteiger partial charge >= 0.3 is 18.2 Å². The second kappa shape index (κ2) is 19.2. The molecule has 4 aromatic carbocycles. The van der Waals surface area contributed by atoms with E-state index in [0.717, 1.165) is 11.1 Å². The van der Waals surface area contributed by atoms with E-state index in [-0.39, 0.29) is 38.5 Å². The van der Waals surface area contributed by atoms with Gasteiger partial charge in [-0.15, -0.1) is 0 Å². The van der Waals surface area contributed by atoms with Crippen molar-refractivity contribution in [3.05, 3.63) is 143 Å². The number of nitrogens with one attached hydrogen (secondary N) is 2. The average molecular weight is 635 g/mol. The summed E-state index contributed by atoms with van der Waals surface area (Å²) in [5.74, 6) is -1.49. The molecular weight excluding hydrogens is 598 g/mol. The van der Waals surface area contributed by atoms with E-state index < -0.39 is 36.1 Å². The van der Waals surface area contributed by atoms with Crippen molar-refractivity contribution < 1.29 is 42.5 Å². The average Bonchev–Trinajstić information content (AvgIpc) is 3.08. The summed E-state index contributed by atoms with van der Waals surface area (Å²) >= 11 is 0. The first-order chi connectivity index (χ1) is 22.3. The summed E-state index contributed by atoms with van der Waals surface area (Å²) in [5.41, 5.74) is 2.42. The Bertz CT molecular complexity index is 1520. The monoisotopic (exact) mass is 634 g/mol. The van der Waals surface area contributed by atoms with Crippen molar-refractivity contribution in [2.75, 3.05) is 13.7 Å². The van der Waals surface area contributed by atoms with Crippen LogP contribution in [0.3, 0.4) is 0 Å². The molecule has 0 spiro atoms. The van der Waals surface area contributed by atoms with Gasteiger partial charge in [0.15, 0.2) is 0 Å². The fourth-order valence-corrected chi connectivity index (χ4v) is 4.15. The van der Waals surface area contributed by atoms with Gasteiger partial charge in [0.1, 0.15) is 30.9 Å². The van der Waals surface area contributed by atoms with E-state index in [1.54, 1.807) is 36.4 Å². The van der Waals surface area contributed by atoms with Gasteiger partial charge in [0.05, 0.1) is 19.8 Å². The molecule has 3 N–H and O–H groups in total. The number of esters is 1. The minimum absolute atomic E-state index is 0.0280. The van der Waals surface area contributed by atoms with Crippen molar-refractivity contribution in [1.82, 2.24) is 10.6 Å². The lowest BCUT2D eigenvalue weighted by molar-refractivity contribution is -0.143. The van der Waals surface area contributed by atoms with E-state index in [4.69, 9.17) is 9.47 Å². The number of aliphatic hydroxyl groups is 1. The number of alkyl carbamates (subject to hydrolysis) is 2. The van der Waals surface area contributed by atoms with Gasteiger partial charge in [0.2, 0.25) is 0 Å². The molecule has 4 rings (SSSR count). The van der Waals surface area contributed by atoms with E-state index in [0.29, 0.717) is 11.1 Å². The second-order valence-electron chi connectivity index (χ2n) is 9.96. The summed E-state index contributed by atoms with van der Waals surface area (Å²) in [6.45, 7) is -0.0838. The molecule has 0 saturated carbocycles. The van der Waals surface area contributed by atoms with Crippen LogP contribution >= 0.6 is 0 Å². The predicted molar refractivity (Wildman–Crippen MR) is 166 cm³/mol. The third-order valence-corrected chi connectivity index (χ3v) is 6.55. The quantitative estimate of drug-likeness (QED) is 0.139. The van der Waals surface area contributed by atoms with Crippen LogP contribution in [0.4, 0.5) is 18.4 Å². The molecule has 46 heavy (non-hydrogen) atoms. The Morgan fingerprint density at radius 3 is 1.54 bits per heavy atom. The van der Waals surface area contributed by atoms with Crippen LogP contribution in [0.15, 0.2) is 109 Å². The number of hydrogen-bond acceptors (Lipinski definition) is 7. The molecule has 0 saturated heterocycles. The molecule has 9 nitrogen and oxygen atoms in total. The summed E-state index contributed by atoms with van der Waals surface area (Å²) in [7, 11) is 1.20. The van der Waals surface area contributed by atoms with E-state index >= 15 is 0 Å². The Hall–Kier alpha value is -5.29. The van der Waals surface area contributed by atoms with Crippen molar-refractivity contribution >= 4 is 18.2 Å². The minimum atomic E-state index is -1.03. The van der Waals surface area contributed by atoms with Crippen LogP contribution in [0.5, 0.6) is 0 Å². The third-order valence-electron chi connectivity index (χ3n) is 6.55. The van der Waals surface area contributed by atoms with Crippen molar-refractivity contribution in [2.45, 2.75) is 38.1 Å². The lowest BCUT2D eigenvalue weighted by Gasteiger charge is -2.17. The second-order valence-corrected chi connectivity index (χ2v) is 9.96. The van der Waals surface area contributed by atoms with Crippen LogP contribution in [0, 0.1) is 11.6 Å². The van der Waals surface area contributed by atoms with Crippen LogP contribution in [0.2, 0.25) is 0 Å². The summed E-state index contributed by atoms with van der Waals surface area (Å²) in [6.07, 6.45) is -1.24. The van der Waals surface area contributed by atoms with Crippen molar-refractivity contribution in [1.29, 1.82) is 0 Å². The highest BCUT2D eigenvalue weighted by Gasteiger charge is 2.24. The van der Waals surface area contributed by atoms with Crippen molar-refractivity contribution in [3.63, 3.8) is 0 Å². The maximum absolute atomic E-state index is 13.7. The highest BCUT2D eigenvalue weighted by atomic mass is 19.1. The number of aliphatic hydroxyl groups excluding tert-OH is 1. The first kappa shape index (κ1) is 35.2. The third kappa shape index (κ3) is 12.4. The number of amides is 2. The van der Waals surface area contributed by atoms with Gasteiger partial charge in [-0.25, -0.2) is 23.2 Å². The van der Waals surface area contributed by atoms with E-state index in [9.17, 15) is 28.3 Å². The molecular formula is C35H36F2N2O7. The molecule has 11 heteroatoms. The molecule has 0 aliphatic carbocycles. The zero-order valence-electron chi connectivity index (χ0n) is 25.2. The molecule has 0 radical (unpaired) electrons. The molecule has 0 aromatic heterocycles. The molecule has 242 valence electrons. The van der Waals surface area contributed by atoms with Gasteiger partial charge in [-0.1, -0.05) is 97.1 Å². The van der Waals surface area contributed by atoms with Crippen LogP contribution in [-0.4, -0.2) is 49.1 Å². The molecule has 0 fully saturated rings. The first-order valence-corrected chi connectivity index (χ1v) is 14.4. The molecule has 0 unspecified atom stereocenters. The number of carbonyl (C=O) groups excluding carboxylic acids is 3. The number of benzene rings is 4. The SMILES string of the molecule is COC(=O)[C@@H](Cc1ccccc1F)NC(=O)OCc1ccccc1.O=C(N[C@@H](CO)Cc1ccccc1F)OCc1ccccc1. The normalized spacial score (nSPS) is 11.6. The molecule has 4 aromatic rings. The fourth-order valence-electron chi connectivity index (χ4n) is 4.15. The zero-order chi connectivity index (χ0) is 33.1. The fraction of sp³-hybridized carbons (Fsp3) is 0.229. The lowest BCUT2D eigenvalue weighted by Crippen LogP contribution is -2.43. The minimum Gasteiger partial charge on any atom is -0.467 e. The zero-order valence-corrected chi connectivity index (χ0v) is 25.2. The Labute approximate surface area is 266 Å². The maximum Gasteiger partial charge on any atom is 0.408 e. The van der Waals surface area contributed by atoms with Gasteiger partial charge in [-0.3, -0.25) is 0 Å². The van der Waals surface area contributed by atoms with E-state index in [1.807, 2.05) is 60.7 Å². The number of rotatable bonds is 12. The lowest BCUT2D eigenvalue weighted by atomic mass is 10.1. The number of ether oxygens (including phenoxy) is 3. The van der Waals surface area contributed by atoms with E-state index in [2.05, 4.69) is 15.4 Å². The highest BCUT2D eigenvalue weighted by Crippen LogP contribution is 2.11. The molecule has 2 amide bonds. The maximum atomic E-state index is 13.7. The number of methoxy groups -OCH3 is 1. The number of hydrogen-bond donors (Lipinski definition) is 3. The Kier molecular flexibility index (Phi) is 14.7. The summed E-state index contributed by atoms with van der Waals surface area (Å²) in [6, 6.07) is 29.1. The largest absolute Gasteiger partial charge is 0.467 e. The smallest absolute Gasteiger partial charge is 0.408 e. The molecule has 2 atom stereocenters. The summed E-state index contributed by atoms with van der Waals surface area (Å²) in [5, 5.41) is 14.3. The molecule has 0 aliphatic heterocycles. The van der Waals surface area contributed by atoms with Crippen LogP contribution < -0.4 is 10.6 Å². The Morgan fingerprint density at radius 1 is 0.652 bits per heavy atom. The van der Waals surface area contributed by atoms with Gasteiger partial charge in [-0.05, 0) is 40.8 Å². The van der Waals surface area contributed by atoms with E-state index in [1.165, 1.54) is 19.2 Å². The van der Waals surface area contributed by atoms with Gasteiger partial charge < -0.3 is 30.0 Å². The number of halogens is 2. The molecule has 0 bridgehead atoms. The Morgan fingerprint density at radius 2 is 1.09 bits per heavy atom. The van der Waals surface area contributed by atoms with Gasteiger partial charge in [0, 0.05) is 6.42 Å². The topological polar surface area (TPSA) is 123 Å². The predicted octanol–water partition coefficient (Wildman–Crippen LogP) is 5.49. The van der Waals surface area contributed by atoms with Crippen LogP contribution in [0.1, 0.15) is 22.3 Å². The van der Waals surface area contributed by atoms with Crippen molar-refractivity contribution in [3.8, 4) is 0 Å². The van der Waals surface area contributed by atoms with Gasteiger partial charge in [-0.2, -0.15) is 0 Å². The molecule has 0 heterocycles. The highest BCUT2D eigenvalue weighted by molar-refractivity contribution is 5.81. The first-order valence-electron chi connectivity index (χ1n) is 14.4. The standard InChI is InChI=1S/C18H18FNO4.C17H18FNO3/c1-23-17(21)16(11-14-9-5-6-10-15(14)19)20-18(22)24-12-13-7-3-2-4-8-13;18-16-9-5-4-8-14(16)10-15(11-20)19-17(21)22-12-13-6-2-1-3-7-13/h2-10,16H,11-12H2,1H3,(H,20,22);1-9,15,20H,10-12H2,(H,19,21)/t16-;15-/m11/s1. The summed E-state index contributed by atoms with van der Waals surface area (Å²) < 4.78 is 42.1.